The molecule has 1 aliphatic rings. The molecule has 0 aromatic heterocycles. The standard InChI is InChI=1S/C18H22BrN3/c19-16-11-17(20)18(21)15-12-22(10-8-14(15)16)9-4-7-13-5-2-1-3-6-13/h1-3,5-6,11H,4,7-10,12,20-21H2. The van der Waals surface area contributed by atoms with Crippen LogP contribution in [0.15, 0.2) is 40.9 Å². The maximum absolute atomic E-state index is 6.18. The average Bonchev–Trinajstić information content (AvgIpc) is 2.54. The fourth-order valence-electron chi connectivity index (χ4n) is 3.15. The van der Waals surface area contributed by atoms with Crippen LogP contribution in [-0.2, 0) is 19.4 Å². The zero-order chi connectivity index (χ0) is 15.5. The van der Waals surface area contributed by atoms with Crippen molar-refractivity contribution in [2.24, 2.45) is 0 Å². The third kappa shape index (κ3) is 3.28. The van der Waals surface area contributed by atoms with Crippen molar-refractivity contribution in [3.05, 3.63) is 57.6 Å². The fourth-order valence-corrected chi connectivity index (χ4v) is 3.83. The summed E-state index contributed by atoms with van der Waals surface area (Å²) in [6, 6.07) is 12.6. The normalized spacial score (nSPS) is 14.8. The molecule has 2 aromatic rings. The smallest absolute Gasteiger partial charge is 0.0597 e. The van der Waals surface area contributed by atoms with Crippen molar-refractivity contribution in [3.63, 3.8) is 0 Å². The second kappa shape index (κ2) is 6.71. The number of benzene rings is 2. The van der Waals surface area contributed by atoms with Crippen LogP contribution in [-0.4, -0.2) is 18.0 Å². The molecule has 0 aliphatic carbocycles. The molecule has 116 valence electrons. The minimum Gasteiger partial charge on any atom is -0.397 e. The van der Waals surface area contributed by atoms with Gasteiger partial charge in [0.1, 0.15) is 0 Å². The van der Waals surface area contributed by atoms with E-state index in [0.717, 1.165) is 42.6 Å². The highest BCUT2D eigenvalue weighted by Gasteiger charge is 2.21. The largest absolute Gasteiger partial charge is 0.397 e. The number of nitrogens with zero attached hydrogens (tertiary/aromatic N) is 1. The van der Waals surface area contributed by atoms with Crippen LogP contribution in [0.4, 0.5) is 11.4 Å². The molecule has 1 heterocycles. The molecule has 0 unspecified atom stereocenters. The SMILES string of the molecule is Nc1cc(Br)c2c(c1N)CN(CCCc1ccccc1)CC2. The molecule has 0 amide bonds. The summed E-state index contributed by atoms with van der Waals surface area (Å²) in [6.45, 7) is 3.09. The topological polar surface area (TPSA) is 55.3 Å². The third-order valence-corrected chi connectivity index (χ3v) is 5.12. The summed E-state index contributed by atoms with van der Waals surface area (Å²) in [5.41, 5.74) is 17.5. The second-order valence-corrected chi connectivity index (χ2v) is 6.79. The van der Waals surface area contributed by atoms with E-state index in [9.17, 15) is 0 Å². The molecule has 3 nitrogen and oxygen atoms in total. The zero-order valence-electron chi connectivity index (χ0n) is 12.7. The van der Waals surface area contributed by atoms with E-state index in [1.165, 1.54) is 23.1 Å². The molecule has 0 fully saturated rings. The number of aryl methyl sites for hydroxylation is 1. The number of nitrogens with two attached hydrogens (primary N) is 2. The second-order valence-electron chi connectivity index (χ2n) is 5.93. The van der Waals surface area contributed by atoms with Crippen molar-refractivity contribution < 1.29 is 0 Å². The number of fused-ring (bicyclic) bond motifs is 1. The van der Waals surface area contributed by atoms with Crippen molar-refractivity contribution in [1.29, 1.82) is 0 Å². The van der Waals surface area contributed by atoms with Crippen LogP contribution in [0.2, 0.25) is 0 Å². The lowest BCUT2D eigenvalue weighted by Gasteiger charge is -2.30. The molecule has 0 bridgehead atoms. The first-order valence-electron chi connectivity index (χ1n) is 7.76. The van der Waals surface area contributed by atoms with Crippen molar-refractivity contribution in [3.8, 4) is 0 Å². The van der Waals surface area contributed by atoms with E-state index in [4.69, 9.17) is 11.5 Å². The van der Waals surface area contributed by atoms with Crippen molar-refractivity contribution >= 4 is 27.3 Å². The summed E-state index contributed by atoms with van der Waals surface area (Å²) in [7, 11) is 0. The highest BCUT2D eigenvalue weighted by Crippen LogP contribution is 2.34. The molecule has 0 spiro atoms. The van der Waals surface area contributed by atoms with E-state index in [-0.39, 0.29) is 0 Å². The van der Waals surface area contributed by atoms with Gasteiger partial charge in [-0.15, -0.1) is 0 Å². The number of anilines is 2. The molecule has 0 saturated heterocycles. The van der Waals surface area contributed by atoms with E-state index in [1.807, 2.05) is 6.07 Å². The molecular weight excluding hydrogens is 338 g/mol. The number of halogens is 1. The van der Waals surface area contributed by atoms with Gasteiger partial charge >= 0.3 is 0 Å². The Kier molecular flexibility index (Phi) is 4.69. The summed E-state index contributed by atoms with van der Waals surface area (Å²) in [4.78, 5) is 2.48. The molecule has 2 aromatic carbocycles. The summed E-state index contributed by atoms with van der Waals surface area (Å²) in [5.74, 6) is 0. The quantitative estimate of drug-likeness (QED) is 0.819. The number of hydrogen-bond acceptors (Lipinski definition) is 3. The maximum atomic E-state index is 6.18. The van der Waals surface area contributed by atoms with E-state index >= 15 is 0 Å². The molecule has 1 aliphatic heterocycles. The predicted molar refractivity (Wildman–Crippen MR) is 96.7 cm³/mol. The Morgan fingerprint density at radius 2 is 1.86 bits per heavy atom. The first-order chi connectivity index (χ1) is 10.6. The van der Waals surface area contributed by atoms with Crippen LogP contribution in [0, 0.1) is 0 Å². The van der Waals surface area contributed by atoms with Gasteiger partial charge in [0, 0.05) is 17.6 Å². The molecule has 4 heteroatoms. The van der Waals surface area contributed by atoms with E-state index in [2.05, 4.69) is 51.2 Å². The van der Waals surface area contributed by atoms with Gasteiger partial charge in [-0.05, 0) is 48.6 Å². The van der Waals surface area contributed by atoms with Crippen molar-refractivity contribution in [2.45, 2.75) is 25.8 Å². The molecule has 0 saturated carbocycles. The molecule has 22 heavy (non-hydrogen) atoms. The lowest BCUT2D eigenvalue weighted by Crippen LogP contribution is -2.32. The first kappa shape index (κ1) is 15.4. The summed E-state index contributed by atoms with van der Waals surface area (Å²) >= 11 is 3.62. The van der Waals surface area contributed by atoms with Gasteiger partial charge in [-0.2, -0.15) is 0 Å². The maximum Gasteiger partial charge on any atom is 0.0597 e. The first-order valence-corrected chi connectivity index (χ1v) is 8.56. The van der Waals surface area contributed by atoms with Gasteiger partial charge in [0.15, 0.2) is 0 Å². The van der Waals surface area contributed by atoms with Crippen LogP contribution in [0.5, 0.6) is 0 Å². The van der Waals surface area contributed by atoms with Crippen LogP contribution in [0.25, 0.3) is 0 Å². The highest BCUT2D eigenvalue weighted by atomic mass is 79.9. The Labute approximate surface area is 140 Å². The molecule has 3 rings (SSSR count). The lowest BCUT2D eigenvalue weighted by molar-refractivity contribution is 0.251. The lowest BCUT2D eigenvalue weighted by atomic mass is 9.96. The van der Waals surface area contributed by atoms with Gasteiger partial charge < -0.3 is 11.5 Å². The summed E-state index contributed by atoms with van der Waals surface area (Å²) in [6.07, 6.45) is 3.33. The average molecular weight is 360 g/mol. The summed E-state index contributed by atoms with van der Waals surface area (Å²) in [5, 5.41) is 0. The predicted octanol–water partition coefficient (Wildman–Crippen LogP) is 3.60. The Morgan fingerprint density at radius 1 is 1.09 bits per heavy atom. The molecule has 0 radical (unpaired) electrons. The van der Waals surface area contributed by atoms with Gasteiger partial charge in [0.05, 0.1) is 11.4 Å². The Balaban J connectivity index is 1.62. The van der Waals surface area contributed by atoms with E-state index in [0.29, 0.717) is 5.69 Å². The van der Waals surface area contributed by atoms with Gasteiger partial charge in [0.2, 0.25) is 0 Å². The van der Waals surface area contributed by atoms with Crippen molar-refractivity contribution in [2.75, 3.05) is 24.6 Å². The third-order valence-electron chi connectivity index (χ3n) is 4.41. The zero-order valence-corrected chi connectivity index (χ0v) is 14.3. The van der Waals surface area contributed by atoms with Crippen LogP contribution < -0.4 is 11.5 Å². The monoisotopic (exact) mass is 359 g/mol. The minimum absolute atomic E-state index is 0.678. The van der Waals surface area contributed by atoms with Crippen LogP contribution in [0.3, 0.4) is 0 Å². The number of rotatable bonds is 4. The Morgan fingerprint density at radius 3 is 2.64 bits per heavy atom. The van der Waals surface area contributed by atoms with Gasteiger partial charge in [0.25, 0.3) is 0 Å². The molecule has 4 N–H and O–H groups in total. The summed E-state index contributed by atoms with van der Waals surface area (Å²) < 4.78 is 1.10. The van der Waals surface area contributed by atoms with Crippen LogP contribution >= 0.6 is 15.9 Å². The van der Waals surface area contributed by atoms with Gasteiger partial charge in [-0.3, -0.25) is 4.90 Å². The molecule has 0 atom stereocenters. The molecular formula is C18H22BrN3. The number of hydrogen-bond donors (Lipinski definition) is 2. The van der Waals surface area contributed by atoms with Gasteiger partial charge in [-0.1, -0.05) is 46.3 Å². The Hall–Kier alpha value is -1.52. The number of nitrogen functional groups attached to an aromatic ring is 2. The van der Waals surface area contributed by atoms with E-state index in [1.54, 1.807) is 0 Å². The van der Waals surface area contributed by atoms with E-state index < -0.39 is 0 Å². The highest BCUT2D eigenvalue weighted by molar-refractivity contribution is 9.10. The Bertz CT molecular complexity index is 655. The van der Waals surface area contributed by atoms with Gasteiger partial charge in [-0.25, -0.2) is 0 Å². The minimum atomic E-state index is 0.678. The van der Waals surface area contributed by atoms with Crippen LogP contribution in [0.1, 0.15) is 23.1 Å². The van der Waals surface area contributed by atoms with Crippen molar-refractivity contribution in [1.82, 2.24) is 4.90 Å². The fraction of sp³-hybridized carbons (Fsp3) is 0.333.